The Bertz CT molecular complexity index is 203. The van der Waals surface area contributed by atoms with Crippen LogP contribution in [0.5, 0.6) is 0 Å². The van der Waals surface area contributed by atoms with Crippen LogP contribution in [0.25, 0.3) is 0 Å². The zero-order valence-corrected chi connectivity index (χ0v) is 9.50. The number of hydrogen-bond acceptors (Lipinski definition) is 1. The fourth-order valence-electron chi connectivity index (χ4n) is 0.236. The molecule has 14 heavy (non-hydrogen) atoms. The van der Waals surface area contributed by atoms with E-state index in [9.17, 15) is 4.79 Å². The predicted molar refractivity (Wildman–Crippen MR) is 62.1 cm³/mol. The molecule has 0 saturated heterocycles. The fourth-order valence-corrected chi connectivity index (χ4v) is 0.236. The Balaban J connectivity index is -0.000000138. The summed E-state index contributed by atoms with van der Waals surface area (Å²) >= 11 is 0. The number of terminal acetylenes is 1. The Hall–Kier alpha value is -1.49. The first-order valence-corrected chi connectivity index (χ1v) is 4.31. The highest BCUT2D eigenvalue weighted by Crippen LogP contribution is 1.85. The summed E-state index contributed by atoms with van der Waals surface area (Å²) in [6, 6.07) is 0. The van der Waals surface area contributed by atoms with Crippen LogP contribution in [0.3, 0.4) is 0 Å². The SMILES string of the molecule is C#CC.C=CC=C(C)C.CCC(=O)O. The number of carboxylic acids is 1. The van der Waals surface area contributed by atoms with Crippen LogP contribution < -0.4 is 0 Å². The van der Waals surface area contributed by atoms with Crippen molar-refractivity contribution in [2.75, 3.05) is 0 Å². The maximum atomic E-state index is 9.37. The van der Waals surface area contributed by atoms with Crippen molar-refractivity contribution in [3.8, 4) is 12.3 Å². The van der Waals surface area contributed by atoms with Crippen molar-refractivity contribution in [1.29, 1.82) is 0 Å². The van der Waals surface area contributed by atoms with Gasteiger partial charge < -0.3 is 5.11 Å². The number of hydrogen-bond donors (Lipinski definition) is 1. The maximum absolute atomic E-state index is 9.37. The molecule has 0 fully saturated rings. The first-order chi connectivity index (χ1) is 6.45. The Morgan fingerprint density at radius 1 is 1.57 bits per heavy atom. The van der Waals surface area contributed by atoms with E-state index in [1.165, 1.54) is 5.57 Å². The van der Waals surface area contributed by atoms with E-state index in [1.54, 1.807) is 19.9 Å². The smallest absolute Gasteiger partial charge is 0.303 e. The summed E-state index contributed by atoms with van der Waals surface area (Å²) in [4.78, 5) is 9.37. The third-order valence-electron chi connectivity index (χ3n) is 0.754. The third kappa shape index (κ3) is 77.2. The van der Waals surface area contributed by atoms with Gasteiger partial charge in [-0.3, -0.25) is 4.79 Å². The molecule has 0 aliphatic carbocycles. The predicted octanol–water partition coefficient (Wildman–Crippen LogP) is 3.26. The lowest BCUT2D eigenvalue weighted by Gasteiger charge is -1.76. The molecule has 0 aromatic carbocycles. The standard InChI is InChI=1S/C6H10.C3H6O2.C3H4/c1-4-5-6(2)3;1-2-3(4)5;1-3-2/h4-5H,1H2,2-3H3;2H2,1H3,(H,4,5);1H,2H3. The monoisotopic (exact) mass is 196 g/mol. The van der Waals surface area contributed by atoms with Gasteiger partial charge in [0.2, 0.25) is 0 Å². The normalized spacial score (nSPS) is 6.21. The zero-order chi connectivity index (χ0) is 12.0. The average molecular weight is 196 g/mol. The van der Waals surface area contributed by atoms with Gasteiger partial charge in [0.1, 0.15) is 0 Å². The largest absolute Gasteiger partial charge is 0.481 e. The molecule has 0 rings (SSSR count). The van der Waals surface area contributed by atoms with E-state index in [1.807, 2.05) is 19.9 Å². The van der Waals surface area contributed by atoms with Crippen LogP contribution in [-0.4, -0.2) is 11.1 Å². The molecule has 0 aliphatic rings. The molecule has 2 heteroatoms. The first kappa shape index (κ1) is 18.3. The molecule has 0 aliphatic heterocycles. The number of allylic oxidation sites excluding steroid dienone is 3. The summed E-state index contributed by atoms with van der Waals surface area (Å²) in [5.41, 5.74) is 1.30. The molecule has 2 nitrogen and oxygen atoms in total. The second-order valence-corrected chi connectivity index (χ2v) is 2.52. The Morgan fingerprint density at radius 2 is 1.86 bits per heavy atom. The molecule has 0 heterocycles. The summed E-state index contributed by atoms with van der Waals surface area (Å²) in [5.74, 6) is 1.50. The van der Waals surface area contributed by atoms with Gasteiger partial charge in [-0.25, -0.2) is 0 Å². The van der Waals surface area contributed by atoms with E-state index in [2.05, 4.69) is 18.9 Å². The van der Waals surface area contributed by atoms with E-state index in [0.717, 1.165) is 0 Å². The Kier molecular flexibility index (Phi) is 23.0. The quantitative estimate of drug-likeness (QED) is 0.543. The molecule has 1 N–H and O–H groups in total. The molecule has 0 atom stereocenters. The molecule has 0 bridgehead atoms. The van der Waals surface area contributed by atoms with Crippen molar-refractivity contribution in [1.82, 2.24) is 0 Å². The van der Waals surface area contributed by atoms with Gasteiger partial charge in [0.25, 0.3) is 0 Å². The van der Waals surface area contributed by atoms with Crippen LogP contribution in [0.15, 0.2) is 24.3 Å². The van der Waals surface area contributed by atoms with Crippen LogP contribution in [-0.2, 0) is 4.79 Å². The van der Waals surface area contributed by atoms with Gasteiger partial charge in [-0.15, -0.1) is 12.3 Å². The molecule has 0 aromatic rings. The van der Waals surface area contributed by atoms with Crippen LogP contribution in [0.1, 0.15) is 34.1 Å². The van der Waals surface area contributed by atoms with Gasteiger partial charge >= 0.3 is 5.97 Å². The van der Waals surface area contributed by atoms with Crippen molar-refractivity contribution in [3.05, 3.63) is 24.3 Å². The number of carboxylic acid groups (broad SMARTS) is 1. The van der Waals surface area contributed by atoms with Crippen LogP contribution >= 0.6 is 0 Å². The van der Waals surface area contributed by atoms with Gasteiger partial charge in [0.15, 0.2) is 0 Å². The van der Waals surface area contributed by atoms with Gasteiger partial charge in [-0.05, 0) is 20.8 Å². The summed E-state index contributed by atoms with van der Waals surface area (Å²) in [6.45, 7) is 10.9. The molecule has 0 spiro atoms. The van der Waals surface area contributed by atoms with Crippen LogP contribution in [0.2, 0.25) is 0 Å². The molecule has 0 unspecified atom stereocenters. The van der Waals surface area contributed by atoms with E-state index >= 15 is 0 Å². The molecule has 0 aromatic heterocycles. The minimum Gasteiger partial charge on any atom is -0.481 e. The van der Waals surface area contributed by atoms with Crippen molar-refractivity contribution in [3.63, 3.8) is 0 Å². The number of rotatable bonds is 2. The molecule has 80 valence electrons. The van der Waals surface area contributed by atoms with Gasteiger partial charge in [-0.1, -0.05) is 31.2 Å². The van der Waals surface area contributed by atoms with Crippen LogP contribution in [0.4, 0.5) is 0 Å². The van der Waals surface area contributed by atoms with Gasteiger partial charge in [0.05, 0.1) is 0 Å². The van der Waals surface area contributed by atoms with Gasteiger partial charge in [0, 0.05) is 6.42 Å². The highest BCUT2D eigenvalue weighted by molar-refractivity contribution is 5.66. The van der Waals surface area contributed by atoms with E-state index in [0.29, 0.717) is 0 Å². The molecular weight excluding hydrogens is 176 g/mol. The summed E-state index contributed by atoms with van der Waals surface area (Å²) in [5, 5.41) is 7.72. The minimum atomic E-state index is -0.745. The highest BCUT2D eigenvalue weighted by atomic mass is 16.4. The van der Waals surface area contributed by atoms with E-state index in [4.69, 9.17) is 5.11 Å². The van der Waals surface area contributed by atoms with Crippen molar-refractivity contribution >= 4 is 5.97 Å². The molecule has 0 saturated carbocycles. The topological polar surface area (TPSA) is 37.3 Å². The average Bonchev–Trinajstić information content (AvgIpc) is 2.06. The molecule has 0 radical (unpaired) electrons. The summed E-state index contributed by atoms with van der Waals surface area (Å²) in [6.07, 6.45) is 8.58. The molecular formula is C12H20O2. The number of carbonyl (C=O) groups is 1. The summed E-state index contributed by atoms with van der Waals surface area (Å²) < 4.78 is 0. The zero-order valence-electron chi connectivity index (χ0n) is 9.50. The third-order valence-corrected chi connectivity index (χ3v) is 0.754. The van der Waals surface area contributed by atoms with Crippen molar-refractivity contribution < 1.29 is 9.90 Å². The first-order valence-electron chi connectivity index (χ1n) is 4.31. The molecule has 0 amide bonds. The van der Waals surface area contributed by atoms with E-state index < -0.39 is 5.97 Å². The summed E-state index contributed by atoms with van der Waals surface area (Å²) in [7, 11) is 0. The maximum Gasteiger partial charge on any atom is 0.303 e. The lowest BCUT2D eigenvalue weighted by Crippen LogP contribution is -1.86. The second-order valence-electron chi connectivity index (χ2n) is 2.52. The highest BCUT2D eigenvalue weighted by Gasteiger charge is 1.80. The number of aliphatic carboxylic acids is 1. The van der Waals surface area contributed by atoms with Crippen molar-refractivity contribution in [2.45, 2.75) is 34.1 Å². The van der Waals surface area contributed by atoms with E-state index in [-0.39, 0.29) is 6.42 Å². The second kappa shape index (κ2) is 17.6. The lowest BCUT2D eigenvalue weighted by molar-refractivity contribution is -0.136. The van der Waals surface area contributed by atoms with Crippen molar-refractivity contribution in [2.24, 2.45) is 0 Å². The fraction of sp³-hybridized carbons (Fsp3) is 0.417. The lowest BCUT2D eigenvalue weighted by atomic mass is 10.3. The van der Waals surface area contributed by atoms with Crippen LogP contribution in [0, 0.1) is 12.3 Å². The minimum absolute atomic E-state index is 0.222. The Morgan fingerprint density at radius 3 is 1.86 bits per heavy atom. The van der Waals surface area contributed by atoms with Gasteiger partial charge in [-0.2, -0.15) is 0 Å². The Labute approximate surface area is 87.3 Å².